The number of nitrogens with zero attached hydrogens (tertiary/aromatic N) is 3. The van der Waals surface area contributed by atoms with Gasteiger partial charge in [-0.2, -0.15) is 5.21 Å². The lowest BCUT2D eigenvalue weighted by molar-refractivity contribution is 0.881. The quantitative estimate of drug-likeness (QED) is 0.808. The van der Waals surface area contributed by atoms with Gasteiger partial charge in [-0.15, -0.1) is 10.2 Å². The number of aromatic nitrogens is 4. The molecular formula is C7H5BrN4. The van der Waals surface area contributed by atoms with Crippen LogP contribution in [0.2, 0.25) is 0 Å². The summed E-state index contributed by atoms with van der Waals surface area (Å²) < 4.78 is 30.5. The predicted octanol–water partition coefficient (Wildman–Crippen LogP) is 1.63. The lowest BCUT2D eigenvalue weighted by Crippen LogP contribution is -1.81. The number of nitrogens with one attached hydrogen (secondary N) is 1. The minimum Gasteiger partial charge on any atom is -0.177 e. The molecule has 2 aromatic rings. The Morgan fingerprint density at radius 2 is 2.25 bits per heavy atom. The van der Waals surface area contributed by atoms with Crippen LogP contribution in [0.15, 0.2) is 28.6 Å². The van der Waals surface area contributed by atoms with E-state index >= 15 is 0 Å². The van der Waals surface area contributed by atoms with Crippen molar-refractivity contribution in [2.75, 3.05) is 0 Å². The molecule has 1 heterocycles. The molecule has 0 unspecified atom stereocenters. The summed E-state index contributed by atoms with van der Waals surface area (Å²) in [5.74, 6) is 0.124. The maximum absolute atomic E-state index is 7.71. The van der Waals surface area contributed by atoms with Crippen LogP contribution in [0.25, 0.3) is 11.4 Å². The van der Waals surface area contributed by atoms with Crippen molar-refractivity contribution in [3.8, 4) is 11.4 Å². The molecule has 1 N–H and O–H groups in total. The van der Waals surface area contributed by atoms with E-state index in [9.17, 15) is 0 Å². The number of hydrogen-bond donors (Lipinski definition) is 1. The summed E-state index contributed by atoms with van der Waals surface area (Å²) in [5, 5.41) is 13.0. The van der Waals surface area contributed by atoms with E-state index in [0.717, 1.165) is 0 Å². The lowest BCUT2D eigenvalue weighted by Gasteiger charge is -1.95. The fraction of sp³-hybridized carbons (Fsp3) is 0. The number of aromatic amines is 1. The number of benzene rings is 1. The number of tetrazole rings is 1. The Morgan fingerprint density at radius 3 is 3.00 bits per heavy atom. The smallest absolute Gasteiger partial charge is 0.177 e. The molecule has 1 aromatic carbocycles. The zero-order valence-electron chi connectivity index (χ0n) is 9.72. The van der Waals surface area contributed by atoms with Crippen LogP contribution in [-0.4, -0.2) is 20.6 Å². The molecule has 0 saturated heterocycles. The van der Waals surface area contributed by atoms with Gasteiger partial charge in [0.2, 0.25) is 5.82 Å². The third-order valence-corrected chi connectivity index (χ3v) is 1.81. The summed E-state index contributed by atoms with van der Waals surface area (Å²) in [4.78, 5) is 0. The molecule has 0 amide bonds. The normalized spacial score (nSPS) is 14.8. The number of rotatable bonds is 1. The van der Waals surface area contributed by atoms with Gasteiger partial charge in [0.25, 0.3) is 0 Å². The first-order valence-corrected chi connectivity index (χ1v) is 3.83. The summed E-state index contributed by atoms with van der Waals surface area (Å²) in [6.45, 7) is 0. The average molecular weight is 229 g/mol. The maximum Gasteiger partial charge on any atom is 0.205 e. The Bertz CT molecular complexity index is 513. The van der Waals surface area contributed by atoms with Gasteiger partial charge in [-0.1, -0.05) is 28.0 Å². The van der Waals surface area contributed by atoms with Crippen LogP contribution in [0.1, 0.15) is 5.48 Å². The first-order valence-electron chi connectivity index (χ1n) is 5.03. The second-order valence-corrected chi connectivity index (χ2v) is 2.72. The zero-order chi connectivity index (χ0) is 11.9. The first kappa shape index (κ1) is 4.13. The predicted molar refractivity (Wildman–Crippen MR) is 47.3 cm³/mol. The molecule has 0 aliphatic carbocycles. The van der Waals surface area contributed by atoms with E-state index in [4.69, 9.17) is 5.48 Å². The van der Waals surface area contributed by atoms with E-state index < -0.39 is 0 Å². The van der Waals surface area contributed by atoms with Gasteiger partial charge in [0, 0.05) is 10.0 Å². The Hall–Kier alpha value is -1.23. The van der Waals surface area contributed by atoms with Crippen molar-refractivity contribution in [2.45, 2.75) is 0 Å². The Morgan fingerprint density at radius 1 is 1.42 bits per heavy atom. The number of H-pyrrole nitrogens is 1. The fourth-order valence-corrected chi connectivity index (χ4v) is 1.09. The molecule has 1 aromatic heterocycles. The van der Waals surface area contributed by atoms with Gasteiger partial charge in [-0.25, -0.2) is 0 Å². The third kappa shape index (κ3) is 1.23. The molecule has 5 heteroatoms. The van der Waals surface area contributed by atoms with Crippen molar-refractivity contribution in [3.05, 3.63) is 28.6 Å². The van der Waals surface area contributed by atoms with E-state index in [0.29, 0.717) is 0 Å². The highest BCUT2D eigenvalue weighted by Gasteiger charge is 2.04. The van der Waals surface area contributed by atoms with Crippen molar-refractivity contribution < 1.29 is 5.48 Å². The molecule has 0 fully saturated rings. The first-order chi connectivity index (χ1) is 7.54. The highest BCUT2D eigenvalue weighted by atomic mass is 79.9. The molecule has 12 heavy (non-hydrogen) atoms. The largest absolute Gasteiger partial charge is 0.205 e. The van der Waals surface area contributed by atoms with E-state index in [1.54, 1.807) is 0 Å². The van der Waals surface area contributed by atoms with Crippen LogP contribution in [0, 0.1) is 0 Å². The Kier molecular flexibility index (Phi) is 1.04. The molecule has 60 valence electrons. The molecule has 0 aliphatic rings. The minimum absolute atomic E-state index is 0.124. The van der Waals surface area contributed by atoms with Crippen molar-refractivity contribution in [3.63, 3.8) is 0 Å². The summed E-state index contributed by atoms with van der Waals surface area (Å²) >= 11 is 3.10. The second-order valence-electron chi connectivity index (χ2n) is 1.92. The van der Waals surface area contributed by atoms with Crippen molar-refractivity contribution in [1.29, 1.82) is 0 Å². The van der Waals surface area contributed by atoms with Crippen molar-refractivity contribution >= 4 is 15.9 Å². The standard InChI is InChI=1S/C7H5BrN4/c8-6-4-2-1-3-5(6)7-9-11-12-10-7/h1-4H,(H,9,10,11,12)/i1D,2D,3D,4D. The van der Waals surface area contributed by atoms with E-state index in [1.807, 2.05) is 0 Å². The maximum atomic E-state index is 7.71. The summed E-state index contributed by atoms with van der Waals surface area (Å²) in [5.41, 5.74) is 0.194. The molecular weight excluding hydrogens is 220 g/mol. The van der Waals surface area contributed by atoms with Crippen molar-refractivity contribution in [1.82, 2.24) is 20.6 Å². The van der Waals surface area contributed by atoms with Crippen LogP contribution in [-0.2, 0) is 0 Å². The monoisotopic (exact) mass is 228 g/mol. The molecule has 0 radical (unpaired) electrons. The van der Waals surface area contributed by atoms with E-state index in [2.05, 4.69) is 36.6 Å². The summed E-state index contributed by atoms with van der Waals surface area (Å²) in [6, 6.07) is -0.993. The molecule has 0 atom stereocenters. The number of halogens is 1. The van der Waals surface area contributed by atoms with E-state index in [-0.39, 0.29) is 40.0 Å². The lowest BCUT2D eigenvalue weighted by atomic mass is 10.2. The van der Waals surface area contributed by atoms with Gasteiger partial charge in [-0.3, -0.25) is 0 Å². The molecule has 2 rings (SSSR count). The van der Waals surface area contributed by atoms with Crippen molar-refractivity contribution in [2.24, 2.45) is 0 Å². The minimum atomic E-state index is -0.326. The van der Waals surface area contributed by atoms with Gasteiger partial charge >= 0.3 is 0 Å². The second kappa shape index (κ2) is 3.02. The zero-order valence-corrected chi connectivity index (χ0v) is 7.31. The average Bonchev–Trinajstić information content (AvgIpc) is 2.77. The van der Waals surface area contributed by atoms with Crippen LogP contribution < -0.4 is 0 Å². The number of hydrogen-bond acceptors (Lipinski definition) is 3. The van der Waals surface area contributed by atoms with Gasteiger partial charge in [0.15, 0.2) is 0 Å². The highest BCUT2D eigenvalue weighted by molar-refractivity contribution is 9.10. The van der Waals surface area contributed by atoms with Crippen LogP contribution in [0.4, 0.5) is 0 Å². The van der Waals surface area contributed by atoms with Gasteiger partial charge in [-0.05, 0) is 17.3 Å². The third-order valence-electron chi connectivity index (χ3n) is 1.21. The fourth-order valence-electron chi connectivity index (χ4n) is 0.719. The SMILES string of the molecule is [2H]c1c([2H])c([2H])c(-c2nn[nH]n2)c(Br)c1[2H]. The Balaban J connectivity index is 2.81. The summed E-state index contributed by atoms with van der Waals surface area (Å²) in [6.07, 6.45) is 0. The van der Waals surface area contributed by atoms with Crippen LogP contribution >= 0.6 is 15.9 Å². The highest BCUT2D eigenvalue weighted by Crippen LogP contribution is 2.23. The molecule has 0 saturated carbocycles. The summed E-state index contributed by atoms with van der Waals surface area (Å²) in [7, 11) is 0. The van der Waals surface area contributed by atoms with E-state index in [1.165, 1.54) is 0 Å². The van der Waals surface area contributed by atoms with Gasteiger partial charge in [0.1, 0.15) is 0 Å². The Labute approximate surface area is 82.7 Å². The van der Waals surface area contributed by atoms with Gasteiger partial charge in [0.05, 0.1) is 5.48 Å². The van der Waals surface area contributed by atoms with Crippen LogP contribution in [0.5, 0.6) is 0 Å². The molecule has 4 nitrogen and oxygen atoms in total. The molecule has 0 spiro atoms. The molecule has 0 aliphatic heterocycles. The topological polar surface area (TPSA) is 54.5 Å². The van der Waals surface area contributed by atoms with Gasteiger partial charge < -0.3 is 0 Å². The molecule has 0 bridgehead atoms. The van der Waals surface area contributed by atoms with Crippen LogP contribution in [0.3, 0.4) is 0 Å².